The average Bonchev–Trinajstić information content (AvgIpc) is 3.07. The fourth-order valence-corrected chi connectivity index (χ4v) is 4.82. The Morgan fingerprint density at radius 2 is 1.78 bits per heavy atom. The van der Waals surface area contributed by atoms with Crippen LogP contribution in [-0.4, -0.2) is 78.0 Å². The smallest absolute Gasteiger partial charge is 0.234 e. The van der Waals surface area contributed by atoms with Crippen molar-refractivity contribution in [2.24, 2.45) is 5.92 Å². The van der Waals surface area contributed by atoms with E-state index in [1.54, 1.807) is 0 Å². The predicted molar refractivity (Wildman–Crippen MR) is 126 cm³/mol. The Morgan fingerprint density at radius 3 is 2.50 bits per heavy atom. The topological polar surface area (TPSA) is 62.6 Å². The molecular weight excluding hydrogens is 402 g/mol. The van der Waals surface area contributed by atoms with Gasteiger partial charge in [0.25, 0.3) is 0 Å². The van der Waals surface area contributed by atoms with E-state index in [9.17, 15) is 4.79 Å². The molecular formula is C25H37N5O2. The molecule has 0 bridgehead atoms. The lowest BCUT2D eigenvalue weighted by Gasteiger charge is -2.35. The molecule has 4 rings (SSSR count). The van der Waals surface area contributed by atoms with Crippen LogP contribution < -0.4 is 5.32 Å². The van der Waals surface area contributed by atoms with Crippen LogP contribution in [0.3, 0.4) is 0 Å². The Kier molecular flexibility index (Phi) is 7.95. The van der Waals surface area contributed by atoms with E-state index in [0.717, 1.165) is 68.8 Å². The molecule has 0 radical (unpaired) electrons. The predicted octanol–water partition coefficient (Wildman–Crippen LogP) is 2.21. The van der Waals surface area contributed by atoms with Gasteiger partial charge in [0.2, 0.25) is 5.91 Å². The van der Waals surface area contributed by atoms with Crippen molar-refractivity contribution < 1.29 is 9.53 Å². The summed E-state index contributed by atoms with van der Waals surface area (Å²) in [6.45, 7) is 12.9. The van der Waals surface area contributed by atoms with Crippen LogP contribution in [0.25, 0.3) is 0 Å². The summed E-state index contributed by atoms with van der Waals surface area (Å²) in [5.74, 6) is 0.847. The molecule has 174 valence electrons. The minimum atomic E-state index is 0.103. The third-order valence-electron chi connectivity index (χ3n) is 6.86. The molecule has 0 saturated carbocycles. The maximum absolute atomic E-state index is 12.6. The van der Waals surface area contributed by atoms with E-state index >= 15 is 0 Å². The number of hydrogen-bond acceptors (Lipinski definition) is 5. The Hall–Kier alpha value is -2.22. The quantitative estimate of drug-likeness (QED) is 0.683. The summed E-state index contributed by atoms with van der Waals surface area (Å²) in [5, 5.41) is 7.82. The first kappa shape index (κ1) is 23.0. The first-order valence-electron chi connectivity index (χ1n) is 11.9. The van der Waals surface area contributed by atoms with Gasteiger partial charge in [0.15, 0.2) is 0 Å². The Labute approximate surface area is 191 Å². The SMILES string of the molecule is Cc1nn(Cc2ccccc2)c(C)c1CNC(=O)CN1CCC(CN2CCOCC2)CC1. The molecule has 0 unspecified atom stereocenters. The van der Waals surface area contributed by atoms with E-state index in [0.29, 0.717) is 13.1 Å². The van der Waals surface area contributed by atoms with Gasteiger partial charge in [-0.1, -0.05) is 30.3 Å². The number of amides is 1. The van der Waals surface area contributed by atoms with Gasteiger partial charge >= 0.3 is 0 Å². The molecule has 0 atom stereocenters. The third-order valence-corrected chi connectivity index (χ3v) is 6.86. The lowest BCUT2D eigenvalue weighted by Crippen LogP contribution is -2.45. The monoisotopic (exact) mass is 439 g/mol. The number of carbonyl (C=O) groups excluding carboxylic acids is 1. The van der Waals surface area contributed by atoms with Gasteiger partial charge in [-0.3, -0.25) is 19.3 Å². The maximum Gasteiger partial charge on any atom is 0.234 e. The summed E-state index contributed by atoms with van der Waals surface area (Å²) in [6.07, 6.45) is 2.35. The van der Waals surface area contributed by atoms with Crippen molar-refractivity contribution in [2.45, 2.75) is 39.8 Å². The Balaban J connectivity index is 1.21. The first-order valence-corrected chi connectivity index (χ1v) is 11.9. The van der Waals surface area contributed by atoms with Gasteiger partial charge in [-0.15, -0.1) is 0 Å². The summed E-state index contributed by atoms with van der Waals surface area (Å²) in [6, 6.07) is 10.4. The third kappa shape index (κ3) is 6.18. The summed E-state index contributed by atoms with van der Waals surface area (Å²) >= 11 is 0. The largest absolute Gasteiger partial charge is 0.379 e. The highest BCUT2D eigenvalue weighted by Crippen LogP contribution is 2.19. The molecule has 1 N–H and O–H groups in total. The van der Waals surface area contributed by atoms with Crippen molar-refractivity contribution in [1.82, 2.24) is 24.9 Å². The number of morpholine rings is 1. The van der Waals surface area contributed by atoms with Gasteiger partial charge in [-0.2, -0.15) is 5.10 Å². The molecule has 2 saturated heterocycles. The summed E-state index contributed by atoms with van der Waals surface area (Å²) in [4.78, 5) is 17.4. The number of carbonyl (C=O) groups is 1. The van der Waals surface area contributed by atoms with Crippen LogP contribution in [0.15, 0.2) is 30.3 Å². The lowest BCUT2D eigenvalue weighted by atomic mass is 9.96. The average molecular weight is 440 g/mol. The van der Waals surface area contributed by atoms with Gasteiger partial charge in [0.05, 0.1) is 32.0 Å². The van der Waals surface area contributed by atoms with E-state index in [2.05, 4.69) is 34.2 Å². The maximum atomic E-state index is 12.6. The van der Waals surface area contributed by atoms with Crippen molar-refractivity contribution in [3.63, 3.8) is 0 Å². The zero-order chi connectivity index (χ0) is 22.3. The number of ether oxygens (including phenoxy) is 1. The number of hydrogen-bond donors (Lipinski definition) is 1. The molecule has 32 heavy (non-hydrogen) atoms. The minimum absolute atomic E-state index is 0.103. The standard InChI is InChI=1S/C25H37N5O2/c1-20-24(21(2)30(27-20)18-22-6-4-3-5-7-22)16-26-25(31)19-28-10-8-23(9-11-28)17-29-12-14-32-15-13-29/h3-7,23H,8-19H2,1-2H3,(H,26,31). The second-order valence-electron chi connectivity index (χ2n) is 9.20. The summed E-state index contributed by atoms with van der Waals surface area (Å²) < 4.78 is 7.48. The van der Waals surface area contributed by atoms with Crippen LogP contribution in [0.1, 0.15) is 35.4 Å². The number of benzene rings is 1. The first-order chi connectivity index (χ1) is 15.6. The van der Waals surface area contributed by atoms with Gasteiger partial charge < -0.3 is 10.1 Å². The zero-order valence-corrected chi connectivity index (χ0v) is 19.6. The van der Waals surface area contributed by atoms with Crippen LogP contribution >= 0.6 is 0 Å². The van der Waals surface area contributed by atoms with E-state index < -0.39 is 0 Å². The van der Waals surface area contributed by atoms with Crippen molar-refractivity contribution in [3.8, 4) is 0 Å². The number of rotatable bonds is 8. The van der Waals surface area contributed by atoms with Crippen LogP contribution in [0.4, 0.5) is 0 Å². The highest BCUT2D eigenvalue weighted by molar-refractivity contribution is 5.78. The molecule has 7 nitrogen and oxygen atoms in total. The molecule has 3 heterocycles. The number of nitrogens with zero attached hydrogens (tertiary/aromatic N) is 4. The number of aryl methyl sites for hydroxylation is 1. The van der Waals surface area contributed by atoms with Crippen molar-refractivity contribution in [2.75, 3.05) is 52.5 Å². The zero-order valence-electron chi connectivity index (χ0n) is 19.6. The van der Waals surface area contributed by atoms with E-state index in [-0.39, 0.29) is 5.91 Å². The summed E-state index contributed by atoms with van der Waals surface area (Å²) in [7, 11) is 0. The van der Waals surface area contributed by atoms with E-state index in [1.807, 2.05) is 29.8 Å². The van der Waals surface area contributed by atoms with E-state index in [4.69, 9.17) is 9.84 Å². The molecule has 2 fully saturated rings. The number of piperidine rings is 1. The van der Waals surface area contributed by atoms with Crippen molar-refractivity contribution in [1.29, 1.82) is 0 Å². The van der Waals surface area contributed by atoms with Crippen LogP contribution in [0.5, 0.6) is 0 Å². The molecule has 0 aliphatic carbocycles. The van der Waals surface area contributed by atoms with Gasteiger partial charge in [0.1, 0.15) is 0 Å². The van der Waals surface area contributed by atoms with E-state index in [1.165, 1.54) is 24.9 Å². The lowest BCUT2D eigenvalue weighted by molar-refractivity contribution is -0.122. The minimum Gasteiger partial charge on any atom is -0.379 e. The van der Waals surface area contributed by atoms with Gasteiger partial charge in [-0.25, -0.2) is 0 Å². The number of aromatic nitrogens is 2. The van der Waals surface area contributed by atoms with Crippen LogP contribution in [-0.2, 0) is 22.6 Å². The number of likely N-dealkylation sites (tertiary alicyclic amines) is 1. The fourth-order valence-electron chi connectivity index (χ4n) is 4.82. The molecule has 1 aromatic carbocycles. The van der Waals surface area contributed by atoms with Gasteiger partial charge in [0, 0.05) is 37.4 Å². The highest BCUT2D eigenvalue weighted by atomic mass is 16.5. The van der Waals surface area contributed by atoms with Crippen LogP contribution in [0.2, 0.25) is 0 Å². The molecule has 7 heteroatoms. The Morgan fingerprint density at radius 1 is 1.06 bits per heavy atom. The molecule has 1 aromatic heterocycles. The second kappa shape index (κ2) is 11.1. The normalized spacial score (nSPS) is 18.7. The van der Waals surface area contributed by atoms with Crippen LogP contribution in [0, 0.1) is 19.8 Å². The van der Waals surface area contributed by atoms with Crippen molar-refractivity contribution >= 4 is 5.91 Å². The molecule has 2 aliphatic heterocycles. The molecule has 2 aliphatic rings. The van der Waals surface area contributed by atoms with Gasteiger partial charge in [-0.05, 0) is 51.3 Å². The number of nitrogens with one attached hydrogen (secondary N) is 1. The summed E-state index contributed by atoms with van der Waals surface area (Å²) in [5.41, 5.74) is 4.46. The second-order valence-corrected chi connectivity index (χ2v) is 9.20. The highest BCUT2D eigenvalue weighted by Gasteiger charge is 2.23. The molecule has 2 aromatic rings. The van der Waals surface area contributed by atoms with Crippen molar-refractivity contribution in [3.05, 3.63) is 52.8 Å². The fraction of sp³-hybridized carbons (Fsp3) is 0.600. The molecule has 0 spiro atoms. The Bertz CT molecular complexity index is 868. The molecule has 1 amide bonds.